The van der Waals surface area contributed by atoms with Gasteiger partial charge < -0.3 is 10.1 Å². The molecule has 1 fully saturated rings. The van der Waals surface area contributed by atoms with Crippen LogP contribution in [-0.2, 0) is 6.54 Å². The molecule has 8 heteroatoms. The zero-order valence-electron chi connectivity index (χ0n) is 13.2. The van der Waals surface area contributed by atoms with Gasteiger partial charge in [0.15, 0.2) is 11.6 Å². The molecule has 1 aliphatic rings. The summed E-state index contributed by atoms with van der Waals surface area (Å²) in [4.78, 5) is 7.87. The minimum atomic E-state index is -2.89. The van der Waals surface area contributed by atoms with Gasteiger partial charge in [-0.15, -0.1) is 0 Å². The Balaban J connectivity index is 1.77. The van der Waals surface area contributed by atoms with Crippen LogP contribution in [0.1, 0.15) is 36.2 Å². The highest BCUT2D eigenvalue weighted by Crippen LogP contribution is 2.31. The van der Waals surface area contributed by atoms with E-state index >= 15 is 0 Å². The zero-order chi connectivity index (χ0) is 17.8. The second-order valence-corrected chi connectivity index (χ2v) is 5.75. The Morgan fingerprint density at radius 3 is 2.84 bits per heavy atom. The van der Waals surface area contributed by atoms with Crippen molar-refractivity contribution in [3.8, 4) is 11.8 Å². The Morgan fingerprint density at radius 1 is 1.36 bits per heavy atom. The number of ether oxygens (including phenoxy) is 1. The number of hydrogen-bond donors (Lipinski definition) is 1. The summed E-state index contributed by atoms with van der Waals surface area (Å²) in [5.41, 5.74) is -0.576. The zero-order valence-corrected chi connectivity index (χ0v) is 13.2. The minimum Gasteiger partial charge on any atom is -0.488 e. The lowest BCUT2D eigenvalue weighted by molar-refractivity contribution is 0.146. The second-order valence-electron chi connectivity index (χ2n) is 5.75. The van der Waals surface area contributed by atoms with Gasteiger partial charge >= 0.3 is 0 Å². The van der Waals surface area contributed by atoms with Crippen LogP contribution in [0.2, 0.25) is 0 Å². The molecule has 3 rings (SSSR count). The maximum atomic E-state index is 14.1. The number of alkyl halides is 2. The first-order valence-electron chi connectivity index (χ1n) is 7.77. The molecule has 0 bridgehead atoms. The first-order chi connectivity index (χ1) is 12.1. The molecule has 1 aliphatic carbocycles. The Morgan fingerprint density at radius 2 is 2.16 bits per heavy atom. The van der Waals surface area contributed by atoms with Gasteiger partial charge in [-0.05, 0) is 18.8 Å². The van der Waals surface area contributed by atoms with Crippen LogP contribution in [-0.4, -0.2) is 16.6 Å². The molecule has 0 amide bonds. The van der Waals surface area contributed by atoms with Gasteiger partial charge in [0.05, 0.1) is 18.4 Å². The summed E-state index contributed by atoms with van der Waals surface area (Å²) in [6.45, 7) is 0.438. The summed E-state index contributed by atoms with van der Waals surface area (Å²) >= 11 is 0. The van der Waals surface area contributed by atoms with Crippen LogP contribution in [0.3, 0.4) is 0 Å². The average molecular weight is 348 g/mol. The molecule has 0 unspecified atom stereocenters. The van der Waals surface area contributed by atoms with Crippen LogP contribution >= 0.6 is 0 Å². The third kappa shape index (κ3) is 4.18. The SMILES string of the molecule is N#Cc1ncc(OCC2CC2)c(NCc2cccc(C(F)F)c2F)n1. The van der Waals surface area contributed by atoms with Crippen molar-refractivity contribution in [2.45, 2.75) is 25.8 Å². The third-order valence-electron chi connectivity index (χ3n) is 3.82. The first-order valence-corrected chi connectivity index (χ1v) is 7.77. The lowest BCUT2D eigenvalue weighted by Gasteiger charge is -2.13. The van der Waals surface area contributed by atoms with E-state index in [-0.39, 0.29) is 23.8 Å². The standard InChI is InChI=1S/C17H15F3N4O/c18-15-11(2-1-3-12(15)16(19)20)7-23-17-13(25-9-10-4-5-10)8-22-14(6-21)24-17/h1-3,8,10,16H,4-5,7,9H2,(H,22,23,24). The molecule has 0 aliphatic heterocycles. The van der Waals surface area contributed by atoms with Crippen molar-refractivity contribution >= 4 is 5.82 Å². The summed E-state index contributed by atoms with van der Waals surface area (Å²) < 4.78 is 45.3. The average Bonchev–Trinajstić information content (AvgIpc) is 3.43. The summed E-state index contributed by atoms with van der Waals surface area (Å²) in [5, 5.41) is 11.8. The molecule has 0 radical (unpaired) electrons. The second kappa shape index (κ2) is 7.38. The number of nitrogens with one attached hydrogen (secondary N) is 1. The molecule has 1 saturated carbocycles. The van der Waals surface area contributed by atoms with Crippen LogP contribution in [0.25, 0.3) is 0 Å². The molecule has 1 aromatic heterocycles. The highest BCUT2D eigenvalue weighted by Gasteiger charge is 2.23. The Hall–Kier alpha value is -2.82. The minimum absolute atomic E-state index is 0.0666. The van der Waals surface area contributed by atoms with E-state index in [0.717, 1.165) is 18.9 Å². The van der Waals surface area contributed by atoms with Crippen molar-refractivity contribution in [1.29, 1.82) is 5.26 Å². The van der Waals surface area contributed by atoms with E-state index in [1.54, 1.807) is 0 Å². The molecule has 1 N–H and O–H groups in total. The van der Waals surface area contributed by atoms with E-state index in [4.69, 9.17) is 10.00 Å². The van der Waals surface area contributed by atoms with E-state index in [1.807, 2.05) is 6.07 Å². The number of anilines is 1. The molecule has 0 saturated heterocycles. The number of nitriles is 1. The number of aromatic nitrogens is 2. The van der Waals surface area contributed by atoms with Crippen LogP contribution in [0.4, 0.5) is 19.0 Å². The fourth-order valence-electron chi connectivity index (χ4n) is 2.23. The largest absolute Gasteiger partial charge is 0.488 e. The first kappa shape index (κ1) is 17.0. The highest BCUT2D eigenvalue weighted by molar-refractivity contribution is 5.50. The maximum absolute atomic E-state index is 14.1. The van der Waals surface area contributed by atoms with Crippen LogP contribution in [0, 0.1) is 23.1 Å². The molecule has 0 spiro atoms. The van der Waals surface area contributed by atoms with Gasteiger partial charge in [-0.2, -0.15) is 10.2 Å². The Labute approximate surface area is 142 Å². The molecule has 5 nitrogen and oxygen atoms in total. The van der Waals surface area contributed by atoms with Gasteiger partial charge in [0.25, 0.3) is 6.43 Å². The fraction of sp³-hybridized carbons (Fsp3) is 0.353. The van der Waals surface area contributed by atoms with Gasteiger partial charge in [-0.1, -0.05) is 18.2 Å². The number of rotatable bonds is 7. The Bertz CT molecular complexity index is 803. The molecule has 130 valence electrons. The van der Waals surface area contributed by atoms with Gasteiger partial charge in [0, 0.05) is 12.1 Å². The topological polar surface area (TPSA) is 70.8 Å². The lowest BCUT2D eigenvalue weighted by Crippen LogP contribution is -2.09. The van der Waals surface area contributed by atoms with E-state index in [2.05, 4.69) is 15.3 Å². The van der Waals surface area contributed by atoms with Crippen molar-refractivity contribution < 1.29 is 17.9 Å². The highest BCUT2D eigenvalue weighted by atomic mass is 19.3. The van der Waals surface area contributed by atoms with E-state index in [1.165, 1.54) is 18.3 Å². The van der Waals surface area contributed by atoms with Gasteiger partial charge in [-0.25, -0.2) is 18.2 Å². The summed E-state index contributed by atoms with van der Waals surface area (Å²) in [5.74, 6) is 0.0529. The molecule has 2 aromatic rings. The van der Waals surface area contributed by atoms with Crippen LogP contribution in [0.15, 0.2) is 24.4 Å². The number of hydrogen-bond acceptors (Lipinski definition) is 5. The van der Waals surface area contributed by atoms with Gasteiger partial charge in [0.2, 0.25) is 5.82 Å². The van der Waals surface area contributed by atoms with E-state index in [0.29, 0.717) is 18.3 Å². The lowest BCUT2D eigenvalue weighted by atomic mass is 10.1. The van der Waals surface area contributed by atoms with Gasteiger partial charge in [-0.3, -0.25) is 0 Å². The van der Waals surface area contributed by atoms with Crippen molar-refractivity contribution in [3.05, 3.63) is 47.2 Å². The molecule has 1 heterocycles. The predicted octanol–water partition coefficient (Wildman–Crippen LogP) is 3.83. The summed E-state index contributed by atoms with van der Waals surface area (Å²) in [6, 6.07) is 5.64. The monoisotopic (exact) mass is 348 g/mol. The number of benzene rings is 1. The quantitative estimate of drug-likeness (QED) is 0.823. The molecule has 25 heavy (non-hydrogen) atoms. The van der Waals surface area contributed by atoms with Crippen LogP contribution < -0.4 is 10.1 Å². The van der Waals surface area contributed by atoms with E-state index < -0.39 is 17.8 Å². The third-order valence-corrected chi connectivity index (χ3v) is 3.82. The predicted molar refractivity (Wildman–Crippen MR) is 83.6 cm³/mol. The fourth-order valence-corrected chi connectivity index (χ4v) is 2.23. The Kier molecular flexibility index (Phi) is 5.03. The summed E-state index contributed by atoms with van der Waals surface area (Å²) in [6.07, 6.45) is 0.695. The van der Waals surface area contributed by atoms with E-state index in [9.17, 15) is 13.2 Å². The molecular weight excluding hydrogens is 333 g/mol. The van der Waals surface area contributed by atoms with Gasteiger partial charge in [0.1, 0.15) is 11.9 Å². The summed E-state index contributed by atoms with van der Waals surface area (Å²) in [7, 11) is 0. The number of halogens is 3. The van der Waals surface area contributed by atoms with Crippen molar-refractivity contribution in [3.63, 3.8) is 0 Å². The van der Waals surface area contributed by atoms with Crippen LogP contribution in [0.5, 0.6) is 5.75 Å². The molecule has 0 atom stereocenters. The maximum Gasteiger partial charge on any atom is 0.266 e. The van der Waals surface area contributed by atoms with Crippen molar-refractivity contribution in [2.75, 3.05) is 11.9 Å². The number of nitrogens with zero attached hydrogens (tertiary/aromatic N) is 3. The smallest absolute Gasteiger partial charge is 0.266 e. The normalized spacial score (nSPS) is 13.6. The molecule has 1 aromatic carbocycles. The van der Waals surface area contributed by atoms with Crippen molar-refractivity contribution in [1.82, 2.24) is 9.97 Å². The molecular formula is C17H15F3N4O. The van der Waals surface area contributed by atoms with Crippen molar-refractivity contribution in [2.24, 2.45) is 5.92 Å².